The van der Waals surface area contributed by atoms with Crippen molar-refractivity contribution in [3.63, 3.8) is 0 Å². The number of H-pyrrole nitrogens is 1. The van der Waals surface area contributed by atoms with E-state index in [1.54, 1.807) is 13.3 Å². The average Bonchev–Trinajstić information content (AvgIpc) is 2.86. The molecular formula is C14H11N2O. The minimum atomic E-state index is 0.764. The minimum absolute atomic E-state index is 0.764. The first-order valence-electron chi connectivity index (χ1n) is 5.35. The van der Waals surface area contributed by atoms with Crippen LogP contribution in [0.5, 0.6) is 5.75 Å². The van der Waals surface area contributed by atoms with Crippen molar-refractivity contribution in [1.82, 2.24) is 9.97 Å². The van der Waals surface area contributed by atoms with Gasteiger partial charge in [-0.3, -0.25) is 4.98 Å². The number of benzene rings is 1. The highest BCUT2D eigenvalue weighted by Gasteiger charge is 2.02. The predicted molar refractivity (Wildman–Crippen MR) is 66.9 cm³/mol. The lowest BCUT2D eigenvalue weighted by Gasteiger charge is -2.04. The summed E-state index contributed by atoms with van der Waals surface area (Å²) in [7, 11) is 1.64. The summed E-state index contributed by atoms with van der Waals surface area (Å²) in [5.41, 5.74) is 3.23. The summed E-state index contributed by atoms with van der Waals surface area (Å²) >= 11 is 0. The fraction of sp³-hybridized carbons (Fsp3) is 0.0714. The van der Waals surface area contributed by atoms with Crippen LogP contribution in [0.1, 0.15) is 0 Å². The molecule has 1 radical (unpaired) electrons. The smallest absolute Gasteiger partial charge is 0.137 e. The van der Waals surface area contributed by atoms with Crippen LogP contribution in [0, 0.1) is 6.20 Å². The van der Waals surface area contributed by atoms with E-state index in [0.717, 1.165) is 27.8 Å². The van der Waals surface area contributed by atoms with Gasteiger partial charge in [0.25, 0.3) is 0 Å². The molecule has 0 aliphatic rings. The number of nitrogens with zero attached hydrogens (tertiary/aromatic N) is 1. The van der Waals surface area contributed by atoms with E-state index in [-0.39, 0.29) is 0 Å². The van der Waals surface area contributed by atoms with Crippen LogP contribution in [0.2, 0.25) is 0 Å². The van der Waals surface area contributed by atoms with E-state index in [1.165, 1.54) is 0 Å². The Hall–Kier alpha value is -2.29. The fourth-order valence-electron chi connectivity index (χ4n) is 1.85. The van der Waals surface area contributed by atoms with Crippen molar-refractivity contribution in [2.45, 2.75) is 0 Å². The van der Waals surface area contributed by atoms with Gasteiger partial charge in [0, 0.05) is 22.7 Å². The van der Waals surface area contributed by atoms with Crippen molar-refractivity contribution in [3.8, 4) is 16.9 Å². The van der Waals surface area contributed by atoms with Gasteiger partial charge >= 0.3 is 0 Å². The molecule has 3 aromatic rings. The zero-order valence-electron chi connectivity index (χ0n) is 9.40. The van der Waals surface area contributed by atoms with Crippen molar-refractivity contribution in [1.29, 1.82) is 0 Å². The van der Waals surface area contributed by atoms with Gasteiger partial charge in [-0.15, -0.1) is 0 Å². The highest BCUT2D eigenvalue weighted by molar-refractivity contribution is 5.84. The van der Waals surface area contributed by atoms with Crippen LogP contribution in [-0.2, 0) is 0 Å². The lowest BCUT2D eigenvalue weighted by molar-refractivity contribution is 0.413. The Morgan fingerprint density at radius 2 is 2.12 bits per heavy atom. The minimum Gasteiger partial charge on any atom is -0.495 e. The normalized spacial score (nSPS) is 10.6. The van der Waals surface area contributed by atoms with E-state index >= 15 is 0 Å². The Kier molecular flexibility index (Phi) is 2.29. The van der Waals surface area contributed by atoms with E-state index in [1.807, 2.05) is 18.3 Å². The van der Waals surface area contributed by atoms with Crippen LogP contribution in [-0.4, -0.2) is 17.1 Å². The van der Waals surface area contributed by atoms with Crippen molar-refractivity contribution < 1.29 is 4.74 Å². The molecular weight excluding hydrogens is 212 g/mol. The highest BCUT2D eigenvalue weighted by Crippen LogP contribution is 2.25. The lowest BCUT2D eigenvalue weighted by Crippen LogP contribution is -1.86. The molecule has 17 heavy (non-hydrogen) atoms. The molecule has 0 saturated carbocycles. The summed E-state index contributed by atoms with van der Waals surface area (Å²) in [6, 6.07) is 10.1. The first-order valence-corrected chi connectivity index (χ1v) is 5.35. The van der Waals surface area contributed by atoms with Gasteiger partial charge in [0.1, 0.15) is 5.75 Å². The average molecular weight is 223 g/mol. The largest absolute Gasteiger partial charge is 0.495 e. The van der Waals surface area contributed by atoms with Gasteiger partial charge in [0.05, 0.1) is 19.5 Å². The summed E-state index contributed by atoms with van der Waals surface area (Å²) in [5, 5.41) is 1.16. The summed E-state index contributed by atoms with van der Waals surface area (Å²) < 4.78 is 5.17. The van der Waals surface area contributed by atoms with E-state index in [9.17, 15) is 0 Å². The first-order chi connectivity index (χ1) is 8.36. The molecule has 83 valence electrons. The number of hydrogen-bond acceptors (Lipinski definition) is 2. The molecule has 3 rings (SSSR count). The second-order valence-electron chi connectivity index (χ2n) is 3.83. The summed E-state index contributed by atoms with van der Waals surface area (Å²) in [6.07, 6.45) is 6.50. The van der Waals surface area contributed by atoms with Gasteiger partial charge in [-0.1, -0.05) is 12.1 Å². The monoisotopic (exact) mass is 223 g/mol. The molecule has 2 aromatic heterocycles. The number of aromatic nitrogens is 2. The summed E-state index contributed by atoms with van der Waals surface area (Å²) in [4.78, 5) is 7.24. The molecule has 3 nitrogen and oxygen atoms in total. The molecule has 1 N–H and O–H groups in total. The van der Waals surface area contributed by atoms with E-state index < -0.39 is 0 Å². The second kappa shape index (κ2) is 3.94. The SMILES string of the molecule is COc1cncc(-c2ccc3c[c][nH]c3c2)c1. The zero-order chi connectivity index (χ0) is 11.7. The van der Waals surface area contributed by atoms with Crippen LogP contribution >= 0.6 is 0 Å². The van der Waals surface area contributed by atoms with E-state index in [0.29, 0.717) is 0 Å². The second-order valence-corrected chi connectivity index (χ2v) is 3.83. The zero-order valence-corrected chi connectivity index (χ0v) is 9.40. The van der Waals surface area contributed by atoms with Crippen LogP contribution in [0.3, 0.4) is 0 Å². The van der Waals surface area contributed by atoms with Gasteiger partial charge in [-0.2, -0.15) is 0 Å². The summed E-state index contributed by atoms with van der Waals surface area (Å²) in [6.45, 7) is 0. The number of ether oxygens (including phenoxy) is 1. The number of rotatable bonds is 2. The van der Waals surface area contributed by atoms with Crippen LogP contribution in [0.25, 0.3) is 22.0 Å². The van der Waals surface area contributed by atoms with E-state index in [2.05, 4.69) is 34.4 Å². The maximum atomic E-state index is 5.17. The van der Waals surface area contributed by atoms with Crippen molar-refractivity contribution in [2.75, 3.05) is 7.11 Å². The van der Waals surface area contributed by atoms with Gasteiger partial charge in [0.15, 0.2) is 0 Å². The molecule has 1 aromatic carbocycles. The lowest BCUT2D eigenvalue weighted by atomic mass is 10.1. The maximum absolute atomic E-state index is 5.17. The summed E-state index contributed by atoms with van der Waals surface area (Å²) in [5.74, 6) is 0.764. The molecule has 0 unspecified atom stereocenters. The van der Waals surface area contributed by atoms with Gasteiger partial charge in [-0.05, 0) is 23.8 Å². The molecule has 0 atom stereocenters. The van der Waals surface area contributed by atoms with Crippen molar-refractivity contribution >= 4 is 10.9 Å². The van der Waals surface area contributed by atoms with Crippen molar-refractivity contribution in [2.24, 2.45) is 0 Å². The molecule has 0 spiro atoms. The Morgan fingerprint density at radius 3 is 3.00 bits per heavy atom. The number of aromatic amines is 1. The maximum Gasteiger partial charge on any atom is 0.137 e. The molecule has 0 aliphatic heterocycles. The fourth-order valence-corrected chi connectivity index (χ4v) is 1.85. The Bertz CT molecular complexity index is 658. The van der Waals surface area contributed by atoms with Crippen LogP contribution in [0.15, 0.2) is 42.7 Å². The standard InChI is InChI=1S/C14H11N2O/c1-17-13-6-12(8-15-9-13)11-3-2-10-4-5-16-14(10)7-11/h2-4,6-9,16H,1H3. The third-order valence-corrected chi connectivity index (χ3v) is 2.77. The third kappa shape index (κ3) is 1.76. The Labute approximate surface area is 99.1 Å². The Morgan fingerprint density at radius 1 is 1.18 bits per heavy atom. The van der Waals surface area contributed by atoms with Crippen LogP contribution in [0.4, 0.5) is 0 Å². The molecule has 0 saturated heterocycles. The Balaban J connectivity index is 2.12. The highest BCUT2D eigenvalue weighted by atomic mass is 16.5. The third-order valence-electron chi connectivity index (χ3n) is 2.77. The van der Waals surface area contributed by atoms with Crippen LogP contribution < -0.4 is 4.74 Å². The molecule has 0 fully saturated rings. The topological polar surface area (TPSA) is 37.9 Å². The predicted octanol–water partition coefficient (Wildman–Crippen LogP) is 3.04. The number of methoxy groups -OCH3 is 1. The van der Waals surface area contributed by atoms with Gasteiger partial charge < -0.3 is 9.72 Å². The number of fused-ring (bicyclic) bond motifs is 1. The number of nitrogens with one attached hydrogen (secondary N) is 1. The molecule has 2 heterocycles. The van der Waals surface area contributed by atoms with Gasteiger partial charge in [-0.25, -0.2) is 0 Å². The van der Waals surface area contributed by atoms with Gasteiger partial charge in [0.2, 0.25) is 0 Å². The quantitative estimate of drug-likeness (QED) is 0.725. The first kappa shape index (κ1) is 9.90. The molecule has 0 bridgehead atoms. The van der Waals surface area contributed by atoms with E-state index in [4.69, 9.17) is 4.74 Å². The van der Waals surface area contributed by atoms with Crippen molar-refractivity contribution in [3.05, 3.63) is 48.9 Å². The molecule has 0 amide bonds. The molecule has 3 heteroatoms. The number of hydrogen-bond donors (Lipinski definition) is 1. The number of pyridine rings is 1. The molecule has 0 aliphatic carbocycles.